The van der Waals surface area contributed by atoms with Gasteiger partial charge < -0.3 is 4.74 Å². The molecule has 4 heteroatoms. The highest BCUT2D eigenvalue weighted by Gasteiger charge is 2.16. The molecule has 15 heavy (non-hydrogen) atoms. The van der Waals surface area contributed by atoms with E-state index in [0.29, 0.717) is 18.1 Å². The second-order valence-electron chi connectivity index (χ2n) is 3.05. The molecule has 0 spiro atoms. The van der Waals surface area contributed by atoms with Crippen LogP contribution in [0.15, 0.2) is 24.3 Å². The Kier molecular flexibility index (Phi) is 5.12. The quantitative estimate of drug-likeness (QED) is 0.629. The molecule has 0 aromatic heterocycles. The molecule has 0 saturated carbocycles. The van der Waals surface area contributed by atoms with Crippen molar-refractivity contribution in [2.75, 3.05) is 6.61 Å². The van der Waals surface area contributed by atoms with Crippen molar-refractivity contribution in [1.82, 2.24) is 0 Å². The summed E-state index contributed by atoms with van der Waals surface area (Å²) in [6.45, 7) is 2.20. The summed E-state index contributed by atoms with van der Waals surface area (Å²) in [6, 6.07) is 7.41. The predicted octanol–water partition coefficient (Wildman–Crippen LogP) is 3.21. The molecule has 0 saturated heterocycles. The minimum absolute atomic E-state index is 0.229. The molecule has 0 fully saturated rings. The van der Waals surface area contributed by atoms with Crippen LogP contribution in [-0.4, -0.2) is 17.4 Å². The zero-order valence-corrected chi connectivity index (χ0v) is 10.7. The van der Waals surface area contributed by atoms with E-state index in [1.807, 2.05) is 24.3 Å². The Morgan fingerprint density at radius 2 is 2.07 bits per heavy atom. The number of hydrogen-bond acceptors (Lipinski definition) is 2. The zero-order valence-electron chi connectivity index (χ0n) is 8.37. The van der Waals surface area contributed by atoms with Gasteiger partial charge in [-0.2, -0.15) is 0 Å². The average molecular weight is 292 g/mol. The van der Waals surface area contributed by atoms with Gasteiger partial charge in [0.2, 0.25) is 0 Å². The molecule has 2 nitrogen and oxygen atoms in total. The molecule has 0 aliphatic rings. The lowest BCUT2D eigenvalue weighted by Crippen LogP contribution is -2.19. The Bertz CT molecular complexity index is 324. The Balaban J connectivity index is 2.54. The van der Waals surface area contributed by atoms with Crippen molar-refractivity contribution in [3.05, 3.63) is 34.9 Å². The van der Waals surface area contributed by atoms with Gasteiger partial charge in [-0.1, -0.05) is 39.7 Å². The fourth-order valence-corrected chi connectivity index (χ4v) is 1.78. The lowest BCUT2D eigenvalue weighted by molar-refractivity contribution is -0.142. The van der Waals surface area contributed by atoms with Gasteiger partial charge in [-0.15, -0.1) is 0 Å². The first-order valence-electron chi connectivity index (χ1n) is 4.68. The molecule has 0 N–H and O–H groups in total. The number of rotatable bonds is 4. The van der Waals surface area contributed by atoms with E-state index in [1.54, 1.807) is 6.92 Å². The van der Waals surface area contributed by atoms with Gasteiger partial charge in [0.25, 0.3) is 0 Å². The molecule has 1 atom stereocenters. The summed E-state index contributed by atoms with van der Waals surface area (Å²) >= 11 is 9.05. The van der Waals surface area contributed by atoms with Crippen molar-refractivity contribution < 1.29 is 9.53 Å². The maximum atomic E-state index is 11.3. The number of esters is 1. The second kappa shape index (κ2) is 6.13. The van der Waals surface area contributed by atoms with Crippen LogP contribution in [0.5, 0.6) is 0 Å². The topological polar surface area (TPSA) is 26.3 Å². The molecule has 1 aromatic rings. The minimum Gasteiger partial charge on any atom is -0.465 e. The van der Waals surface area contributed by atoms with Crippen molar-refractivity contribution in [2.24, 2.45) is 0 Å². The maximum absolute atomic E-state index is 11.3. The van der Waals surface area contributed by atoms with E-state index in [2.05, 4.69) is 15.9 Å². The van der Waals surface area contributed by atoms with E-state index >= 15 is 0 Å². The number of halogens is 2. The van der Waals surface area contributed by atoms with Gasteiger partial charge in [-0.05, 0) is 31.0 Å². The minimum atomic E-state index is -0.293. The first-order chi connectivity index (χ1) is 7.13. The van der Waals surface area contributed by atoms with Gasteiger partial charge in [0.15, 0.2) is 0 Å². The number of carbonyl (C=O) groups excluding carboxylic acids is 1. The van der Waals surface area contributed by atoms with E-state index in [0.717, 1.165) is 5.56 Å². The van der Waals surface area contributed by atoms with Crippen LogP contribution in [0.1, 0.15) is 12.5 Å². The second-order valence-corrected chi connectivity index (χ2v) is 4.59. The van der Waals surface area contributed by atoms with Crippen LogP contribution >= 0.6 is 27.5 Å². The van der Waals surface area contributed by atoms with Crippen molar-refractivity contribution >= 4 is 33.5 Å². The number of alkyl halides is 1. The van der Waals surface area contributed by atoms with Crippen molar-refractivity contribution in [3.63, 3.8) is 0 Å². The highest BCUT2D eigenvalue weighted by Crippen LogP contribution is 2.14. The highest BCUT2D eigenvalue weighted by molar-refractivity contribution is 9.10. The van der Waals surface area contributed by atoms with Crippen LogP contribution in [0.2, 0.25) is 5.02 Å². The third-order valence-electron chi connectivity index (χ3n) is 1.87. The largest absolute Gasteiger partial charge is 0.465 e. The Hall–Kier alpha value is -0.540. The van der Waals surface area contributed by atoms with Gasteiger partial charge in [-0.25, -0.2) is 0 Å². The molecule has 1 rings (SSSR count). The lowest BCUT2D eigenvalue weighted by Gasteiger charge is -2.08. The van der Waals surface area contributed by atoms with Crippen molar-refractivity contribution in [3.8, 4) is 0 Å². The summed E-state index contributed by atoms with van der Waals surface area (Å²) in [7, 11) is 0. The van der Waals surface area contributed by atoms with E-state index in [1.165, 1.54) is 0 Å². The van der Waals surface area contributed by atoms with Crippen LogP contribution in [0.25, 0.3) is 0 Å². The number of ether oxygens (including phenoxy) is 1. The van der Waals surface area contributed by atoms with E-state index in [4.69, 9.17) is 16.3 Å². The molecule has 0 radical (unpaired) electrons. The molecular formula is C11H12BrClO2. The molecular weight excluding hydrogens is 279 g/mol. The molecule has 0 amide bonds. The zero-order chi connectivity index (χ0) is 11.3. The summed E-state index contributed by atoms with van der Waals surface area (Å²) in [5.74, 6) is -0.229. The molecule has 0 heterocycles. The van der Waals surface area contributed by atoms with Gasteiger partial charge in [0.05, 0.1) is 6.61 Å². The molecule has 1 unspecified atom stereocenters. The number of carbonyl (C=O) groups is 1. The van der Waals surface area contributed by atoms with E-state index < -0.39 is 0 Å². The molecule has 1 aromatic carbocycles. The van der Waals surface area contributed by atoms with Crippen LogP contribution in [0.4, 0.5) is 0 Å². The first kappa shape index (κ1) is 12.5. The first-order valence-corrected chi connectivity index (χ1v) is 5.98. The summed E-state index contributed by atoms with van der Waals surface area (Å²) < 4.78 is 4.89. The highest BCUT2D eigenvalue weighted by atomic mass is 79.9. The van der Waals surface area contributed by atoms with Crippen molar-refractivity contribution in [2.45, 2.75) is 18.2 Å². The standard InChI is InChI=1S/C11H12BrClO2/c1-2-15-11(14)10(12)7-8-3-5-9(13)6-4-8/h3-6,10H,2,7H2,1H3. The number of benzene rings is 1. The van der Waals surface area contributed by atoms with E-state index in [-0.39, 0.29) is 10.8 Å². The molecule has 0 bridgehead atoms. The maximum Gasteiger partial charge on any atom is 0.320 e. The van der Waals surface area contributed by atoms with Crippen LogP contribution in [0, 0.1) is 0 Å². The summed E-state index contributed by atoms with van der Waals surface area (Å²) in [5.41, 5.74) is 1.05. The monoisotopic (exact) mass is 290 g/mol. The Labute approximate surface area is 103 Å². The number of hydrogen-bond donors (Lipinski definition) is 0. The van der Waals surface area contributed by atoms with Crippen LogP contribution in [0.3, 0.4) is 0 Å². The van der Waals surface area contributed by atoms with Crippen LogP contribution in [-0.2, 0) is 16.0 Å². The van der Waals surface area contributed by atoms with Crippen LogP contribution < -0.4 is 0 Å². The average Bonchev–Trinajstić information content (AvgIpc) is 2.22. The van der Waals surface area contributed by atoms with E-state index in [9.17, 15) is 4.79 Å². The normalized spacial score (nSPS) is 12.2. The summed E-state index contributed by atoms with van der Waals surface area (Å²) in [6.07, 6.45) is 0.607. The fraction of sp³-hybridized carbons (Fsp3) is 0.364. The van der Waals surface area contributed by atoms with Gasteiger partial charge in [0, 0.05) is 5.02 Å². The van der Waals surface area contributed by atoms with Gasteiger partial charge >= 0.3 is 5.97 Å². The Morgan fingerprint density at radius 3 is 2.60 bits per heavy atom. The third kappa shape index (κ3) is 4.22. The molecule has 0 aliphatic carbocycles. The van der Waals surface area contributed by atoms with Gasteiger partial charge in [-0.3, -0.25) is 4.79 Å². The summed E-state index contributed by atoms with van der Waals surface area (Å²) in [5, 5.41) is 0.695. The SMILES string of the molecule is CCOC(=O)C(Br)Cc1ccc(Cl)cc1. The van der Waals surface area contributed by atoms with Crippen molar-refractivity contribution in [1.29, 1.82) is 0 Å². The Morgan fingerprint density at radius 1 is 1.47 bits per heavy atom. The summed E-state index contributed by atoms with van der Waals surface area (Å²) in [4.78, 5) is 11.0. The molecule has 82 valence electrons. The fourth-order valence-electron chi connectivity index (χ4n) is 1.14. The predicted molar refractivity (Wildman–Crippen MR) is 64.5 cm³/mol. The molecule has 0 aliphatic heterocycles. The van der Waals surface area contributed by atoms with Gasteiger partial charge in [0.1, 0.15) is 4.83 Å². The lowest BCUT2D eigenvalue weighted by atomic mass is 10.1. The third-order valence-corrected chi connectivity index (χ3v) is 2.82. The smallest absolute Gasteiger partial charge is 0.320 e.